The number of anilines is 1. The fraction of sp³-hybridized carbons (Fsp3) is 0.500. The first kappa shape index (κ1) is 16.0. The normalized spacial score (nSPS) is 16.8. The molecule has 1 aromatic heterocycles. The summed E-state index contributed by atoms with van der Waals surface area (Å²) in [6, 6.07) is 1.56. The fourth-order valence-electron chi connectivity index (χ4n) is 2.14. The van der Waals surface area contributed by atoms with E-state index in [1.165, 1.54) is 16.8 Å². The lowest BCUT2D eigenvalue weighted by Gasteiger charge is -2.33. The lowest BCUT2D eigenvalue weighted by Crippen LogP contribution is -2.50. The zero-order chi connectivity index (χ0) is 15.6. The molecule has 116 valence electrons. The van der Waals surface area contributed by atoms with Crippen molar-refractivity contribution in [2.24, 2.45) is 0 Å². The lowest BCUT2D eigenvalue weighted by atomic mass is 10.2. The van der Waals surface area contributed by atoms with Gasteiger partial charge < -0.3 is 10.2 Å². The molecule has 1 amide bonds. The highest BCUT2D eigenvalue weighted by Crippen LogP contribution is 2.20. The van der Waals surface area contributed by atoms with E-state index in [0.29, 0.717) is 42.6 Å². The van der Waals surface area contributed by atoms with E-state index in [0.717, 1.165) is 0 Å². The molecular formula is C12H17ClN4O3S. The van der Waals surface area contributed by atoms with Gasteiger partial charge in [-0.3, -0.25) is 4.79 Å². The zero-order valence-corrected chi connectivity index (χ0v) is 13.4. The Morgan fingerprint density at radius 3 is 2.43 bits per heavy atom. The van der Waals surface area contributed by atoms with Gasteiger partial charge in [0.25, 0.3) is 5.91 Å². The summed E-state index contributed by atoms with van der Waals surface area (Å²) in [5.41, 5.74) is 0.395. The smallest absolute Gasteiger partial charge is 0.255 e. The molecule has 1 N–H and O–H groups in total. The summed E-state index contributed by atoms with van der Waals surface area (Å²) < 4.78 is 24.2. The molecule has 0 unspecified atom stereocenters. The highest BCUT2D eigenvalue weighted by atomic mass is 35.5. The second-order valence-corrected chi connectivity index (χ2v) is 7.15. The van der Waals surface area contributed by atoms with Gasteiger partial charge in [-0.25, -0.2) is 13.4 Å². The van der Waals surface area contributed by atoms with Crippen molar-refractivity contribution >= 4 is 33.3 Å². The molecule has 0 radical (unpaired) electrons. The minimum atomic E-state index is -3.20. The van der Waals surface area contributed by atoms with Crippen molar-refractivity contribution < 1.29 is 13.2 Å². The van der Waals surface area contributed by atoms with Gasteiger partial charge in [-0.1, -0.05) is 11.6 Å². The molecule has 1 aliphatic rings. The van der Waals surface area contributed by atoms with Crippen molar-refractivity contribution in [1.29, 1.82) is 0 Å². The van der Waals surface area contributed by atoms with E-state index < -0.39 is 10.0 Å². The fourth-order valence-corrected chi connectivity index (χ4v) is 3.23. The van der Waals surface area contributed by atoms with Gasteiger partial charge in [-0.15, -0.1) is 0 Å². The van der Waals surface area contributed by atoms with Crippen LogP contribution in [0, 0.1) is 0 Å². The van der Waals surface area contributed by atoms with E-state index in [1.807, 2.05) is 0 Å². The molecule has 9 heteroatoms. The molecule has 1 fully saturated rings. The number of hydrogen-bond acceptors (Lipinski definition) is 5. The van der Waals surface area contributed by atoms with Gasteiger partial charge in [0.05, 0.1) is 16.8 Å². The minimum Gasteiger partial charge on any atom is -0.372 e. The molecule has 0 atom stereocenters. The molecular weight excluding hydrogens is 316 g/mol. The van der Waals surface area contributed by atoms with Crippen molar-refractivity contribution in [3.63, 3.8) is 0 Å². The molecule has 1 aliphatic heterocycles. The summed E-state index contributed by atoms with van der Waals surface area (Å²) in [7, 11) is -1.51. The van der Waals surface area contributed by atoms with Gasteiger partial charge in [0.15, 0.2) is 0 Å². The van der Waals surface area contributed by atoms with Crippen molar-refractivity contribution in [3.05, 3.63) is 22.8 Å². The summed E-state index contributed by atoms with van der Waals surface area (Å²) in [6.07, 6.45) is 2.63. The third-order valence-corrected chi connectivity index (χ3v) is 4.91. The van der Waals surface area contributed by atoms with Crippen LogP contribution in [0.4, 0.5) is 5.82 Å². The third kappa shape index (κ3) is 3.63. The van der Waals surface area contributed by atoms with Gasteiger partial charge in [-0.05, 0) is 6.07 Å². The Balaban J connectivity index is 2.07. The number of carbonyl (C=O) groups is 1. The van der Waals surface area contributed by atoms with E-state index in [9.17, 15) is 13.2 Å². The summed E-state index contributed by atoms with van der Waals surface area (Å²) >= 11 is 6.01. The molecule has 0 aliphatic carbocycles. The Morgan fingerprint density at radius 2 is 1.95 bits per heavy atom. The Bertz CT molecular complexity index is 642. The predicted molar refractivity (Wildman–Crippen MR) is 81.1 cm³/mol. The van der Waals surface area contributed by atoms with Crippen LogP contribution in [0.25, 0.3) is 0 Å². The number of nitrogens with zero attached hydrogens (tertiary/aromatic N) is 3. The Labute approximate surface area is 128 Å². The largest absolute Gasteiger partial charge is 0.372 e. The molecule has 21 heavy (non-hydrogen) atoms. The third-order valence-electron chi connectivity index (χ3n) is 3.32. The first-order chi connectivity index (χ1) is 9.82. The number of amides is 1. The van der Waals surface area contributed by atoms with Gasteiger partial charge in [0.2, 0.25) is 10.0 Å². The van der Waals surface area contributed by atoms with Crippen LogP contribution in [0.1, 0.15) is 10.4 Å². The van der Waals surface area contributed by atoms with Crippen LogP contribution in [0.2, 0.25) is 5.02 Å². The summed E-state index contributed by atoms with van der Waals surface area (Å²) in [6.45, 7) is 1.33. The maximum atomic E-state index is 12.3. The van der Waals surface area contributed by atoms with E-state index in [4.69, 9.17) is 11.6 Å². The molecule has 2 heterocycles. The first-order valence-electron chi connectivity index (χ1n) is 6.40. The van der Waals surface area contributed by atoms with E-state index in [2.05, 4.69) is 10.3 Å². The minimum absolute atomic E-state index is 0.194. The average molecular weight is 333 g/mol. The zero-order valence-electron chi connectivity index (χ0n) is 11.8. The molecule has 0 aromatic carbocycles. The van der Waals surface area contributed by atoms with Crippen LogP contribution < -0.4 is 5.32 Å². The number of pyridine rings is 1. The lowest BCUT2D eigenvalue weighted by molar-refractivity contribution is 0.0698. The SMILES string of the molecule is CNc1ncc(C(=O)N2CCN(S(C)(=O)=O)CC2)cc1Cl. The van der Waals surface area contributed by atoms with E-state index in [-0.39, 0.29) is 5.91 Å². The van der Waals surface area contributed by atoms with E-state index >= 15 is 0 Å². The summed E-state index contributed by atoms with van der Waals surface area (Å²) in [5.74, 6) is 0.315. The van der Waals surface area contributed by atoms with Crippen LogP contribution in [0.5, 0.6) is 0 Å². The molecule has 1 aromatic rings. The Morgan fingerprint density at radius 1 is 1.33 bits per heavy atom. The van der Waals surface area contributed by atoms with Crippen molar-refractivity contribution in [2.45, 2.75) is 0 Å². The van der Waals surface area contributed by atoms with Crippen LogP contribution in [0.15, 0.2) is 12.3 Å². The van der Waals surface area contributed by atoms with Crippen molar-refractivity contribution in [3.8, 4) is 0 Å². The number of rotatable bonds is 3. The van der Waals surface area contributed by atoms with Gasteiger partial charge >= 0.3 is 0 Å². The summed E-state index contributed by atoms with van der Waals surface area (Å²) in [5, 5.41) is 3.20. The number of sulfonamides is 1. The van der Waals surface area contributed by atoms with Gasteiger partial charge in [0.1, 0.15) is 5.82 Å². The number of piperazine rings is 1. The van der Waals surface area contributed by atoms with Crippen molar-refractivity contribution in [1.82, 2.24) is 14.2 Å². The van der Waals surface area contributed by atoms with Crippen LogP contribution >= 0.6 is 11.6 Å². The van der Waals surface area contributed by atoms with Crippen LogP contribution in [-0.2, 0) is 10.0 Å². The molecule has 0 bridgehead atoms. The predicted octanol–water partition coefficient (Wildman–Crippen LogP) is 0.494. The second kappa shape index (κ2) is 6.17. The highest BCUT2D eigenvalue weighted by Gasteiger charge is 2.26. The molecule has 7 nitrogen and oxygen atoms in total. The van der Waals surface area contributed by atoms with Gasteiger partial charge in [0, 0.05) is 39.4 Å². The standard InChI is InChI=1S/C12H17ClN4O3S/c1-14-11-10(13)7-9(8-15-11)12(18)16-3-5-17(6-4-16)21(2,19)20/h7-8H,3-6H2,1-2H3,(H,14,15). The molecule has 0 saturated carbocycles. The topological polar surface area (TPSA) is 82.6 Å². The van der Waals surface area contributed by atoms with E-state index in [1.54, 1.807) is 18.0 Å². The molecule has 1 saturated heterocycles. The van der Waals surface area contributed by atoms with Crippen LogP contribution in [-0.4, -0.2) is 68.0 Å². The second-order valence-electron chi connectivity index (χ2n) is 4.76. The Kier molecular flexibility index (Phi) is 4.70. The quantitative estimate of drug-likeness (QED) is 0.871. The monoisotopic (exact) mass is 332 g/mol. The average Bonchev–Trinajstić information content (AvgIpc) is 2.45. The maximum Gasteiger partial charge on any atom is 0.255 e. The number of nitrogens with one attached hydrogen (secondary N) is 1. The maximum absolute atomic E-state index is 12.3. The van der Waals surface area contributed by atoms with Gasteiger partial charge in [-0.2, -0.15) is 4.31 Å². The first-order valence-corrected chi connectivity index (χ1v) is 8.63. The summed E-state index contributed by atoms with van der Waals surface area (Å²) in [4.78, 5) is 18.0. The molecule has 0 spiro atoms. The van der Waals surface area contributed by atoms with Crippen LogP contribution in [0.3, 0.4) is 0 Å². The number of halogens is 1. The number of aromatic nitrogens is 1. The number of hydrogen-bond donors (Lipinski definition) is 1. The Hall–Kier alpha value is -1.38. The number of carbonyl (C=O) groups excluding carboxylic acids is 1. The van der Waals surface area contributed by atoms with Crippen molar-refractivity contribution in [2.75, 3.05) is 44.8 Å². The highest BCUT2D eigenvalue weighted by molar-refractivity contribution is 7.88. The molecule has 2 rings (SSSR count).